The van der Waals surface area contributed by atoms with Crippen molar-refractivity contribution >= 4 is 27.2 Å². The topological polar surface area (TPSA) is 66.5 Å². The molecule has 4 rings (SSSR count). The van der Waals surface area contributed by atoms with Crippen molar-refractivity contribution in [1.29, 1.82) is 0 Å². The quantitative estimate of drug-likeness (QED) is 0.563. The fraction of sp³-hybridized carbons (Fsp3) is 0.115. The van der Waals surface area contributed by atoms with E-state index in [9.17, 15) is 13.2 Å². The predicted octanol–water partition coefficient (Wildman–Crippen LogP) is 4.66. The minimum absolute atomic E-state index is 0.0619. The van der Waals surface area contributed by atoms with Crippen LogP contribution in [0.4, 0.5) is 5.69 Å². The highest BCUT2D eigenvalue weighted by atomic mass is 32.2. The predicted molar refractivity (Wildman–Crippen MR) is 128 cm³/mol. The van der Waals surface area contributed by atoms with Crippen molar-refractivity contribution in [3.05, 3.63) is 119 Å². The molecule has 0 fully saturated rings. The van der Waals surface area contributed by atoms with Crippen LogP contribution in [0.5, 0.6) is 0 Å². The van der Waals surface area contributed by atoms with Crippen molar-refractivity contribution in [1.82, 2.24) is 5.32 Å². The third-order valence-corrected chi connectivity index (χ3v) is 7.26. The molecule has 162 valence electrons. The lowest BCUT2D eigenvalue weighted by molar-refractivity contribution is -0.117. The molecule has 1 aliphatic rings. The molecule has 0 aliphatic carbocycles. The Bertz CT molecular complexity index is 1280. The number of hydrogen-bond donors (Lipinski definition) is 1. The SMILES string of the molecule is C=CCN1c2ccccc2C(c2ccccc2)=C(C(=O)N[C@H](C)c2ccccc2)S1(=O)=O. The van der Waals surface area contributed by atoms with Gasteiger partial charge in [0.1, 0.15) is 0 Å². The van der Waals surface area contributed by atoms with Gasteiger partial charge in [-0.1, -0.05) is 84.9 Å². The van der Waals surface area contributed by atoms with Crippen molar-refractivity contribution in [3.63, 3.8) is 0 Å². The molecule has 0 unspecified atom stereocenters. The van der Waals surface area contributed by atoms with E-state index >= 15 is 0 Å². The number of nitrogens with zero attached hydrogens (tertiary/aromatic N) is 1. The maximum absolute atomic E-state index is 13.8. The fourth-order valence-electron chi connectivity index (χ4n) is 3.92. The molecule has 1 amide bonds. The van der Waals surface area contributed by atoms with E-state index in [1.807, 2.05) is 79.7 Å². The molecule has 0 radical (unpaired) electrons. The largest absolute Gasteiger partial charge is 0.345 e. The molecule has 1 N–H and O–H groups in total. The highest BCUT2D eigenvalue weighted by molar-refractivity contribution is 7.97. The van der Waals surface area contributed by atoms with Gasteiger partial charge >= 0.3 is 0 Å². The number of carbonyl (C=O) groups excluding carboxylic acids is 1. The minimum atomic E-state index is -4.13. The van der Waals surface area contributed by atoms with Crippen LogP contribution in [0.3, 0.4) is 0 Å². The molecular formula is C26H24N2O3S. The number of hydrogen-bond acceptors (Lipinski definition) is 3. The third-order valence-electron chi connectivity index (χ3n) is 5.43. The summed E-state index contributed by atoms with van der Waals surface area (Å²) in [5, 5.41) is 2.89. The number of carbonyl (C=O) groups is 1. The van der Waals surface area contributed by atoms with Crippen LogP contribution in [-0.2, 0) is 14.8 Å². The van der Waals surface area contributed by atoms with Crippen molar-refractivity contribution in [2.24, 2.45) is 0 Å². The first-order valence-corrected chi connectivity index (χ1v) is 11.8. The number of rotatable bonds is 6. The van der Waals surface area contributed by atoms with Crippen molar-refractivity contribution in [2.45, 2.75) is 13.0 Å². The Morgan fingerprint density at radius 1 is 0.969 bits per heavy atom. The molecule has 0 saturated carbocycles. The molecule has 3 aromatic carbocycles. The van der Waals surface area contributed by atoms with E-state index < -0.39 is 15.9 Å². The standard InChI is InChI=1S/C26H24N2O3S/c1-3-18-28-23-17-11-10-16-22(23)24(21-14-8-5-9-15-21)25(32(28,30)31)26(29)27-19(2)20-12-6-4-7-13-20/h3-17,19H,1,18H2,2H3,(H,27,29)/t19-/m1/s1. The summed E-state index contributed by atoms with van der Waals surface area (Å²) in [6, 6.07) is 25.5. The summed E-state index contributed by atoms with van der Waals surface area (Å²) in [6.07, 6.45) is 1.52. The Kier molecular flexibility index (Phi) is 5.97. The summed E-state index contributed by atoms with van der Waals surface area (Å²) in [5.74, 6) is -0.635. The molecule has 1 heterocycles. The Morgan fingerprint density at radius 3 is 2.22 bits per heavy atom. The maximum atomic E-state index is 13.8. The van der Waals surface area contributed by atoms with Gasteiger partial charge in [-0.05, 0) is 24.1 Å². The van der Waals surface area contributed by atoms with Crippen molar-refractivity contribution < 1.29 is 13.2 Å². The summed E-state index contributed by atoms with van der Waals surface area (Å²) in [6.45, 7) is 5.60. The lowest BCUT2D eigenvalue weighted by Crippen LogP contribution is -2.42. The van der Waals surface area contributed by atoms with Crippen molar-refractivity contribution in [3.8, 4) is 0 Å². The summed E-state index contributed by atoms with van der Waals surface area (Å²) in [7, 11) is -4.13. The number of para-hydroxylation sites is 1. The second-order valence-electron chi connectivity index (χ2n) is 7.52. The molecule has 1 aliphatic heterocycles. The van der Waals surface area contributed by atoms with E-state index in [0.717, 1.165) is 5.56 Å². The van der Waals surface area contributed by atoms with Gasteiger partial charge in [-0.3, -0.25) is 9.10 Å². The smallest absolute Gasteiger partial charge is 0.270 e. The van der Waals surface area contributed by atoms with Crippen LogP contribution in [-0.4, -0.2) is 20.9 Å². The maximum Gasteiger partial charge on any atom is 0.270 e. The zero-order chi connectivity index (χ0) is 22.7. The van der Waals surface area contributed by atoms with Gasteiger partial charge in [0.15, 0.2) is 4.91 Å². The highest BCUT2D eigenvalue weighted by Crippen LogP contribution is 2.42. The van der Waals surface area contributed by atoms with Crippen LogP contribution in [0, 0.1) is 0 Å². The molecule has 5 nitrogen and oxygen atoms in total. The molecule has 0 bridgehead atoms. The van der Waals surface area contributed by atoms with Crippen LogP contribution in [0.1, 0.15) is 29.7 Å². The summed E-state index contributed by atoms with van der Waals surface area (Å²) < 4.78 is 28.8. The van der Waals surface area contributed by atoms with Crippen molar-refractivity contribution in [2.75, 3.05) is 10.8 Å². The number of nitrogens with one attached hydrogen (secondary N) is 1. The van der Waals surface area contributed by atoms with Gasteiger partial charge in [0.05, 0.1) is 18.3 Å². The average Bonchev–Trinajstić information content (AvgIpc) is 2.81. The first-order valence-electron chi connectivity index (χ1n) is 10.3. The number of sulfonamides is 1. The molecule has 1 atom stereocenters. The van der Waals surface area contributed by atoms with Crippen LogP contribution >= 0.6 is 0 Å². The van der Waals surface area contributed by atoms with E-state index in [-0.39, 0.29) is 17.5 Å². The van der Waals surface area contributed by atoms with Gasteiger partial charge in [-0.2, -0.15) is 0 Å². The molecule has 32 heavy (non-hydrogen) atoms. The lowest BCUT2D eigenvalue weighted by Gasteiger charge is -2.33. The van der Waals surface area contributed by atoms with Crippen LogP contribution in [0.2, 0.25) is 0 Å². The van der Waals surface area contributed by atoms with Gasteiger partial charge < -0.3 is 5.32 Å². The molecule has 0 aromatic heterocycles. The van der Waals surface area contributed by atoms with E-state index in [2.05, 4.69) is 11.9 Å². The summed E-state index contributed by atoms with van der Waals surface area (Å²) in [5.41, 5.74) is 3.17. The monoisotopic (exact) mass is 444 g/mol. The summed E-state index contributed by atoms with van der Waals surface area (Å²) >= 11 is 0. The third kappa shape index (κ3) is 3.85. The summed E-state index contributed by atoms with van der Waals surface area (Å²) in [4.78, 5) is 13.3. The number of benzene rings is 3. The zero-order valence-electron chi connectivity index (χ0n) is 17.7. The second-order valence-corrected chi connectivity index (χ2v) is 9.32. The van der Waals surface area contributed by atoms with Crippen LogP contribution in [0.25, 0.3) is 5.57 Å². The molecule has 3 aromatic rings. The van der Waals surface area contributed by atoms with Gasteiger partial charge in [0.2, 0.25) is 0 Å². The van der Waals surface area contributed by atoms with E-state index in [0.29, 0.717) is 22.4 Å². The fourth-order valence-corrected chi connectivity index (χ4v) is 5.64. The second kappa shape index (κ2) is 8.85. The Hall–Kier alpha value is -3.64. The van der Waals surface area contributed by atoms with Crippen LogP contribution in [0.15, 0.2) is 102 Å². The Morgan fingerprint density at radius 2 is 1.56 bits per heavy atom. The highest BCUT2D eigenvalue weighted by Gasteiger charge is 2.41. The minimum Gasteiger partial charge on any atom is -0.345 e. The van der Waals surface area contributed by atoms with E-state index in [1.54, 1.807) is 12.1 Å². The van der Waals surface area contributed by atoms with Gasteiger partial charge in [-0.15, -0.1) is 6.58 Å². The van der Waals surface area contributed by atoms with Gasteiger partial charge in [-0.25, -0.2) is 8.42 Å². The lowest BCUT2D eigenvalue weighted by atomic mass is 9.95. The zero-order valence-corrected chi connectivity index (χ0v) is 18.5. The van der Waals surface area contributed by atoms with Gasteiger partial charge in [0, 0.05) is 11.1 Å². The number of fused-ring (bicyclic) bond motifs is 1. The number of amides is 1. The molecule has 0 saturated heterocycles. The van der Waals surface area contributed by atoms with E-state index in [1.165, 1.54) is 10.4 Å². The van der Waals surface area contributed by atoms with Crippen LogP contribution < -0.4 is 9.62 Å². The Balaban J connectivity index is 1.92. The molecule has 0 spiro atoms. The average molecular weight is 445 g/mol. The molecule has 6 heteroatoms. The molecular weight excluding hydrogens is 420 g/mol. The first-order chi connectivity index (χ1) is 15.4. The first kappa shape index (κ1) is 21.6. The Labute approximate surface area is 188 Å². The number of anilines is 1. The van der Waals surface area contributed by atoms with E-state index in [4.69, 9.17) is 0 Å². The normalized spacial score (nSPS) is 15.6. The van der Waals surface area contributed by atoms with Gasteiger partial charge in [0.25, 0.3) is 15.9 Å².